The number of halogens is 1. The summed E-state index contributed by atoms with van der Waals surface area (Å²) in [7, 11) is 1.57. The lowest BCUT2D eigenvalue weighted by Crippen LogP contribution is -2.47. The second-order valence-electron chi connectivity index (χ2n) is 13.4. The maximum Gasteiger partial charge on any atom is 0.234 e. The Morgan fingerprint density at radius 2 is 1.83 bits per heavy atom. The molecule has 0 bridgehead atoms. The SMILES string of the molecule is CCC/C(=C\c1cc(I)c(O)c(OC)c1)CC[C@H]1OC[C@H]2C1=C(CC)C[C@H]1C(=O)N(C3CCN(Cc4ccccc4)CC3)C(=O)[C@H]12. The van der Waals surface area contributed by atoms with Gasteiger partial charge in [-0.2, -0.15) is 0 Å². The minimum Gasteiger partial charge on any atom is -0.504 e. The number of methoxy groups -OCH3 is 1. The second kappa shape index (κ2) is 14.6. The van der Waals surface area contributed by atoms with Crippen LogP contribution in [0.1, 0.15) is 76.3 Å². The maximum atomic E-state index is 14.1. The molecular formula is C38H47IN2O5. The van der Waals surface area contributed by atoms with Gasteiger partial charge in [0, 0.05) is 31.6 Å². The predicted octanol–water partition coefficient (Wildman–Crippen LogP) is 7.36. The summed E-state index contributed by atoms with van der Waals surface area (Å²) in [6.45, 7) is 7.60. The van der Waals surface area contributed by atoms with Gasteiger partial charge in [0.15, 0.2) is 11.5 Å². The Labute approximate surface area is 287 Å². The summed E-state index contributed by atoms with van der Waals surface area (Å²) < 4.78 is 12.6. The second-order valence-corrected chi connectivity index (χ2v) is 14.5. The molecule has 46 heavy (non-hydrogen) atoms. The van der Waals surface area contributed by atoms with E-state index in [1.165, 1.54) is 22.3 Å². The quantitative estimate of drug-likeness (QED) is 0.148. The molecule has 2 aromatic rings. The Bertz CT molecular complexity index is 1500. The van der Waals surface area contributed by atoms with E-state index in [0.717, 1.165) is 73.7 Å². The van der Waals surface area contributed by atoms with E-state index in [-0.39, 0.29) is 47.5 Å². The molecule has 0 aromatic heterocycles. The van der Waals surface area contributed by atoms with Gasteiger partial charge >= 0.3 is 0 Å². The van der Waals surface area contributed by atoms with Gasteiger partial charge in [-0.3, -0.25) is 19.4 Å². The number of phenolic OH excluding ortho intramolecular Hbond substituents is 1. The van der Waals surface area contributed by atoms with E-state index in [1.807, 2.05) is 18.2 Å². The Balaban J connectivity index is 1.13. The van der Waals surface area contributed by atoms with E-state index in [0.29, 0.717) is 18.8 Å². The molecule has 3 heterocycles. The van der Waals surface area contributed by atoms with Crippen LogP contribution in [0.15, 0.2) is 59.2 Å². The predicted molar refractivity (Wildman–Crippen MR) is 188 cm³/mol. The molecule has 0 spiro atoms. The summed E-state index contributed by atoms with van der Waals surface area (Å²) in [5, 5.41) is 10.3. The zero-order valence-corrected chi connectivity index (χ0v) is 29.5. The number of ether oxygens (including phenoxy) is 2. The standard InChI is InChI=1S/C38H47IN2O5/c1-4-9-24(18-26-19-31(39)36(42)33(20-26)45-3)12-13-32-34-27(5-2)21-29-35(30(34)23-46-32)38(44)41(37(29)43)28-14-16-40(17-15-28)22-25-10-7-6-8-11-25/h6-8,10-11,18-20,28-30,32,35,42H,4-5,9,12-17,21-23H2,1-3H3/b24-18+/t29-,30+,32-,35-/m1/s1. The molecule has 6 rings (SSSR count). The molecule has 0 unspecified atom stereocenters. The number of likely N-dealkylation sites (tertiary alicyclic amines) is 2. The molecule has 7 nitrogen and oxygen atoms in total. The van der Waals surface area contributed by atoms with Crippen molar-refractivity contribution in [2.45, 2.75) is 83.9 Å². The lowest BCUT2D eigenvalue weighted by molar-refractivity contribution is -0.144. The number of carbonyl (C=O) groups excluding carboxylic acids is 2. The van der Waals surface area contributed by atoms with Crippen molar-refractivity contribution in [2.75, 3.05) is 26.8 Å². The molecule has 2 amide bonds. The van der Waals surface area contributed by atoms with Crippen molar-refractivity contribution in [3.05, 3.63) is 73.9 Å². The summed E-state index contributed by atoms with van der Waals surface area (Å²) in [6, 6.07) is 14.4. The summed E-state index contributed by atoms with van der Waals surface area (Å²) in [6.07, 6.45) is 9.21. The highest BCUT2D eigenvalue weighted by atomic mass is 127. The molecule has 1 aliphatic carbocycles. The monoisotopic (exact) mass is 738 g/mol. The van der Waals surface area contributed by atoms with Crippen LogP contribution in [0.4, 0.5) is 0 Å². The number of allylic oxidation sites excluding steroid dienone is 2. The van der Waals surface area contributed by atoms with Gasteiger partial charge in [-0.25, -0.2) is 0 Å². The largest absolute Gasteiger partial charge is 0.504 e. The third-order valence-corrected chi connectivity index (χ3v) is 11.4. The Morgan fingerprint density at radius 1 is 1.07 bits per heavy atom. The van der Waals surface area contributed by atoms with E-state index >= 15 is 0 Å². The highest BCUT2D eigenvalue weighted by molar-refractivity contribution is 14.1. The van der Waals surface area contributed by atoms with Crippen LogP contribution in [-0.4, -0.2) is 65.7 Å². The first-order valence-corrected chi connectivity index (χ1v) is 18.1. The Kier molecular flexibility index (Phi) is 10.5. The van der Waals surface area contributed by atoms with Gasteiger partial charge in [0.2, 0.25) is 11.8 Å². The first kappa shape index (κ1) is 33.2. The van der Waals surface area contributed by atoms with Crippen LogP contribution in [0.25, 0.3) is 6.08 Å². The van der Waals surface area contributed by atoms with Crippen LogP contribution in [-0.2, 0) is 20.9 Å². The zero-order chi connectivity index (χ0) is 32.4. The normalized spacial score (nSPS) is 25.7. The summed E-state index contributed by atoms with van der Waals surface area (Å²) in [4.78, 5) is 32.1. The molecule has 4 aliphatic rings. The van der Waals surface area contributed by atoms with Crippen LogP contribution in [0, 0.1) is 21.3 Å². The van der Waals surface area contributed by atoms with Gasteiger partial charge in [0.05, 0.1) is 35.2 Å². The molecule has 0 saturated carbocycles. The number of rotatable bonds is 11. The number of piperidine rings is 1. The van der Waals surface area contributed by atoms with Crippen molar-refractivity contribution in [3.8, 4) is 11.5 Å². The Hall–Kier alpha value is -2.69. The molecule has 1 N–H and O–H groups in total. The zero-order valence-electron chi connectivity index (χ0n) is 27.3. The van der Waals surface area contributed by atoms with Crippen molar-refractivity contribution < 1.29 is 24.2 Å². The smallest absolute Gasteiger partial charge is 0.234 e. The first-order valence-electron chi connectivity index (χ1n) is 17.0. The summed E-state index contributed by atoms with van der Waals surface area (Å²) in [5.41, 5.74) is 6.29. The number of benzene rings is 2. The number of nitrogens with zero attached hydrogens (tertiary/aromatic N) is 2. The summed E-state index contributed by atoms with van der Waals surface area (Å²) in [5.74, 6) is 0.209. The van der Waals surface area contributed by atoms with Crippen molar-refractivity contribution in [1.29, 1.82) is 0 Å². The molecule has 3 fully saturated rings. The van der Waals surface area contributed by atoms with Gasteiger partial charge in [-0.05, 0) is 96.4 Å². The number of aromatic hydroxyl groups is 1. The fourth-order valence-corrected chi connectivity index (χ4v) is 8.97. The molecule has 8 heteroatoms. The molecule has 246 valence electrons. The number of phenols is 1. The highest BCUT2D eigenvalue weighted by Crippen LogP contribution is 2.51. The van der Waals surface area contributed by atoms with E-state index in [9.17, 15) is 14.7 Å². The molecular weight excluding hydrogens is 691 g/mol. The van der Waals surface area contributed by atoms with Crippen LogP contribution in [0.5, 0.6) is 11.5 Å². The molecule has 3 saturated heterocycles. The number of amides is 2. The fourth-order valence-electron chi connectivity index (χ4n) is 8.35. The third kappa shape index (κ3) is 6.67. The molecule has 2 aromatic carbocycles. The van der Waals surface area contributed by atoms with Crippen molar-refractivity contribution in [2.24, 2.45) is 17.8 Å². The summed E-state index contributed by atoms with van der Waals surface area (Å²) >= 11 is 2.14. The number of carbonyl (C=O) groups is 2. The number of hydrogen-bond acceptors (Lipinski definition) is 6. The van der Waals surface area contributed by atoms with E-state index in [1.54, 1.807) is 12.0 Å². The minimum atomic E-state index is -0.290. The van der Waals surface area contributed by atoms with Gasteiger partial charge in [-0.15, -0.1) is 0 Å². The third-order valence-electron chi connectivity index (χ3n) is 10.6. The molecule has 4 atom stereocenters. The van der Waals surface area contributed by atoms with Gasteiger partial charge in [-0.1, -0.05) is 67.8 Å². The van der Waals surface area contributed by atoms with Crippen LogP contribution in [0.2, 0.25) is 0 Å². The average Bonchev–Trinajstić information content (AvgIpc) is 3.60. The van der Waals surface area contributed by atoms with Crippen molar-refractivity contribution in [1.82, 2.24) is 9.80 Å². The average molecular weight is 739 g/mol. The Morgan fingerprint density at radius 3 is 2.52 bits per heavy atom. The fraction of sp³-hybridized carbons (Fsp3) is 0.526. The first-order chi connectivity index (χ1) is 22.3. The van der Waals surface area contributed by atoms with Crippen molar-refractivity contribution >= 4 is 40.5 Å². The number of imide groups is 1. The van der Waals surface area contributed by atoms with E-state index in [4.69, 9.17) is 9.47 Å². The topological polar surface area (TPSA) is 79.3 Å². The lowest BCUT2D eigenvalue weighted by atomic mass is 9.69. The molecule has 3 aliphatic heterocycles. The van der Waals surface area contributed by atoms with Crippen molar-refractivity contribution in [3.63, 3.8) is 0 Å². The van der Waals surface area contributed by atoms with Gasteiger partial charge < -0.3 is 14.6 Å². The van der Waals surface area contributed by atoms with Crippen LogP contribution in [0.3, 0.4) is 0 Å². The van der Waals surface area contributed by atoms with Crippen LogP contribution < -0.4 is 4.74 Å². The van der Waals surface area contributed by atoms with Crippen LogP contribution >= 0.6 is 22.6 Å². The maximum absolute atomic E-state index is 14.1. The number of hydrogen-bond donors (Lipinski definition) is 1. The number of fused-ring (bicyclic) bond motifs is 3. The van der Waals surface area contributed by atoms with Gasteiger partial charge in [0.1, 0.15) is 0 Å². The minimum absolute atomic E-state index is 0.000127. The van der Waals surface area contributed by atoms with Gasteiger partial charge in [0.25, 0.3) is 0 Å². The lowest BCUT2D eigenvalue weighted by Gasteiger charge is -2.36. The highest BCUT2D eigenvalue weighted by Gasteiger charge is 2.58. The van der Waals surface area contributed by atoms with E-state index in [2.05, 4.69) is 71.7 Å². The molecule has 0 radical (unpaired) electrons. The van der Waals surface area contributed by atoms with E-state index < -0.39 is 0 Å².